The standard InChI is InChI=1S/C19H26FN3O4/c1-3-4-15(16(24)23-10-9-19(2,12-23)17(25)26)22-18(27)21-11-13-5-7-14(20)8-6-13/h5-8,15H,3-4,9-12H2,1-2H3,(H,25,26)(H2,21,22,27). The molecule has 0 aliphatic carbocycles. The predicted octanol–water partition coefficient (Wildman–Crippen LogP) is 2.12. The number of carbonyl (C=O) groups excluding carboxylic acids is 2. The van der Waals surface area contributed by atoms with Crippen LogP contribution in [0.25, 0.3) is 0 Å². The first-order valence-corrected chi connectivity index (χ1v) is 9.06. The van der Waals surface area contributed by atoms with Crippen LogP contribution >= 0.6 is 0 Å². The molecule has 0 aromatic heterocycles. The molecule has 2 rings (SSSR count). The van der Waals surface area contributed by atoms with Crippen molar-refractivity contribution in [3.63, 3.8) is 0 Å². The van der Waals surface area contributed by atoms with Crippen LogP contribution in [0.15, 0.2) is 24.3 Å². The van der Waals surface area contributed by atoms with Gasteiger partial charge in [0.25, 0.3) is 0 Å². The van der Waals surface area contributed by atoms with Crippen LogP contribution in [0.3, 0.4) is 0 Å². The molecule has 1 heterocycles. The molecule has 1 fully saturated rings. The monoisotopic (exact) mass is 379 g/mol. The zero-order valence-electron chi connectivity index (χ0n) is 15.6. The van der Waals surface area contributed by atoms with E-state index in [9.17, 15) is 23.9 Å². The Morgan fingerprint density at radius 1 is 1.30 bits per heavy atom. The molecule has 8 heteroatoms. The molecule has 3 N–H and O–H groups in total. The van der Waals surface area contributed by atoms with E-state index >= 15 is 0 Å². The average Bonchev–Trinajstić information content (AvgIpc) is 3.04. The fourth-order valence-electron chi connectivity index (χ4n) is 3.08. The fraction of sp³-hybridized carbons (Fsp3) is 0.526. The molecule has 0 spiro atoms. The molecule has 1 aromatic carbocycles. The topological polar surface area (TPSA) is 98.7 Å². The molecule has 7 nitrogen and oxygen atoms in total. The minimum absolute atomic E-state index is 0.139. The first kappa shape index (κ1) is 20.7. The number of likely N-dealkylation sites (tertiary alicyclic amines) is 1. The zero-order valence-corrected chi connectivity index (χ0v) is 15.6. The number of carbonyl (C=O) groups is 3. The smallest absolute Gasteiger partial charge is 0.315 e. The molecule has 3 amide bonds. The number of halogens is 1. The van der Waals surface area contributed by atoms with E-state index in [1.807, 2.05) is 6.92 Å². The van der Waals surface area contributed by atoms with Crippen LogP contribution in [0.2, 0.25) is 0 Å². The number of carboxylic acids is 1. The maximum Gasteiger partial charge on any atom is 0.315 e. The second-order valence-corrected chi connectivity index (χ2v) is 7.17. The first-order valence-electron chi connectivity index (χ1n) is 9.06. The summed E-state index contributed by atoms with van der Waals surface area (Å²) in [7, 11) is 0. The van der Waals surface area contributed by atoms with Crippen molar-refractivity contribution in [1.82, 2.24) is 15.5 Å². The summed E-state index contributed by atoms with van der Waals surface area (Å²) in [6.07, 6.45) is 1.55. The number of rotatable bonds is 7. The van der Waals surface area contributed by atoms with Gasteiger partial charge in [0.2, 0.25) is 5.91 Å². The van der Waals surface area contributed by atoms with Crippen LogP contribution in [0.1, 0.15) is 38.7 Å². The van der Waals surface area contributed by atoms with Crippen LogP contribution in [0.5, 0.6) is 0 Å². The fourth-order valence-corrected chi connectivity index (χ4v) is 3.08. The minimum Gasteiger partial charge on any atom is -0.481 e. The van der Waals surface area contributed by atoms with Crippen LogP contribution in [0, 0.1) is 11.2 Å². The Hall–Kier alpha value is -2.64. The molecule has 1 aliphatic rings. The molecule has 0 bridgehead atoms. The van der Waals surface area contributed by atoms with Crippen molar-refractivity contribution in [1.29, 1.82) is 0 Å². The lowest BCUT2D eigenvalue weighted by Gasteiger charge is -2.25. The molecule has 148 valence electrons. The number of hydrogen-bond donors (Lipinski definition) is 3. The highest BCUT2D eigenvalue weighted by atomic mass is 19.1. The Labute approximate surface area is 157 Å². The second kappa shape index (κ2) is 8.83. The van der Waals surface area contributed by atoms with Crippen molar-refractivity contribution in [3.8, 4) is 0 Å². The van der Waals surface area contributed by atoms with Gasteiger partial charge in [-0.3, -0.25) is 9.59 Å². The maximum atomic E-state index is 12.9. The van der Waals surface area contributed by atoms with Crippen molar-refractivity contribution < 1.29 is 23.9 Å². The summed E-state index contributed by atoms with van der Waals surface area (Å²) in [5.74, 6) is -1.54. The molecule has 1 aromatic rings. The minimum atomic E-state index is -0.947. The van der Waals surface area contributed by atoms with Gasteiger partial charge in [0.15, 0.2) is 0 Å². The predicted molar refractivity (Wildman–Crippen MR) is 97.4 cm³/mol. The lowest BCUT2D eigenvalue weighted by Crippen LogP contribution is -2.51. The number of hydrogen-bond acceptors (Lipinski definition) is 3. The normalized spacial score (nSPS) is 20.2. The Kier molecular flexibility index (Phi) is 6.76. The van der Waals surface area contributed by atoms with Crippen molar-refractivity contribution >= 4 is 17.9 Å². The largest absolute Gasteiger partial charge is 0.481 e. The average molecular weight is 379 g/mol. The highest BCUT2D eigenvalue weighted by Crippen LogP contribution is 2.30. The van der Waals surface area contributed by atoms with Gasteiger partial charge in [0.05, 0.1) is 5.41 Å². The Morgan fingerprint density at radius 3 is 2.52 bits per heavy atom. The van der Waals surface area contributed by atoms with E-state index in [0.29, 0.717) is 25.8 Å². The first-order chi connectivity index (χ1) is 12.7. The quantitative estimate of drug-likeness (QED) is 0.676. The van der Waals surface area contributed by atoms with Crippen molar-refractivity contribution in [2.75, 3.05) is 13.1 Å². The molecule has 0 saturated carbocycles. The van der Waals surface area contributed by atoms with Gasteiger partial charge in [-0.15, -0.1) is 0 Å². The number of urea groups is 1. The molecular formula is C19H26FN3O4. The lowest BCUT2D eigenvalue weighted by molar-refractivity contribution is -0.147. The summed E-state index contributed by atoms with van der Waals surface area (Å²) in [6, 6.07) is 4.56. The second-order valence-electron chi connectivity index (χ2n) is 7.17. The molecule has 2 unspecified atom stereocenters. The van der Waals surface area contributed by atoms with Crippen LogP contribution in [-0.2, 0) is 16.1 Å². The number of nitrogens with zero attached hydrogens (tertiary/aromatic N) is 1. The summed E-state index contributed by atoms with van der Waals surface area (Å²) >= 11 is 0. The summed E-state index contributed by atoms with van der Waals surface area (Å²) in [5, 5.41) is 14.6. The number of benzene rings is 1. The van der Waals surface area contributed by atoms with Crippen LogP contribution in [0.4, 0.5) is 9.18 Å². The number of aliphatic carboxylic acids is 1. The van der Waals surface area contributed by atoms with Crippen LogP contribution in [-0.4, -0.2) is 47.0 Å². The number of carboxylic acid groups (broad SMARTS) is 1. The SMILES string of the molecule is CCCC(NC(=O)NCc1ccc(F)cc1)C(=O)N1CCC(C)(C(=O)O)C1. The summed E-state index contributed by atoms with van der Waals surface area (Å²) < 4.78 is 12.9. The third kappa shape index (κ3) is 5.42. The van der Waals surface area contributed by atoms with E-state index in [0.717, 1.165) is 5.56 Å². The molecule has 27 heavy (non-hydrogen) atoms. The summed E-state index contributed by atoms with van der Waals surface area (Å²) in [4.78, 5) is 37.8. The third-order valence-corrected chi connectivity index (χ3v) is 4.85. The number of nitrogens with one attached hydrogen (secondary N) is 2. The zero-order chi connectivity index (χ0) is 20.0. The van der Waals surface area contributed by atoms with Gasteiger partial charge >= 0.3 is 12.0 Å². The highest BCUT2D eigenvalue weighted by molar-refractivity contribution is 5.88. The van der Waals surface area contributed by atoms with Crippen LogP contribution < -0.4 is 10.6 Å². The van der Waals surface area contributed by atoms with Gasteiger partial charge < -0.3 is 20.6 Å². The van der Waals surface area contributed by atoms with E-state index in [1.165, 1.54) is 17.0 Å². The van der Waals surface area contributed by atoms with Crippen molar-refractivity contribution in [2.45, 2.75) is 45.7 Å². The van der Waals surface area contributed by atoms with Crippen molar-refractivity contribution in [3.05, 3.63) is 35.6 Å². The third-order valence-electron chi connectivity index (χ3n) is 4.85. The maximum absolute atomic E-state index is 12.9. The molecular weight excluding hydrogens is 353 g/mol. The van der Waals surface area contributed by atoms with Gasteiger partial charge in [-0.1, -0.05) is 25.5 Å². The highest BCUT2D eigenvalue weighted by Gasteiger charge is 2.43. The van der Waals surface area contributed by atoms with Gasteiger partial charge in [-0.2, -0.15) is 0 Å². The summed E-state index contributed by atoms with van der Waals surface area (Å²) in [5.41, 5.74) is -0.209. The number of amides is 3. The Bertz CT molecular complexity index is 695. The molecule has 1 saturated heterocycles. The van der Waals surface area contributed by atoms with E-state index in [1.54, 1.807) is 19.1 Å². The van der Waals surface area contributed by atoms with Gasteiger partial charge in [0.1, 0.15) is 11.9 Å². The lowest BCUT2D eigenvalue weighted by atomic mass is 9.90. The Morgan fingerprint density at radius 2 is 1.96 bits per heavy atom. The summed E-state index contributed by atoms with van der Waals surface area (Å²) in [6.45, 7) is 4.24. The van der Waals surface area contributed by atoms with Crippen molar-refractivity contribution in [2.24, 2.45) is 5.41 Å². The molecule has 0 radical (unpaired) electrons. The van der Waals surface area contributed by atoms with Gasteiger partial charge in [0, 0.05) is 19.6 Å². The molecule has 1 aliphatic heterocycles. The van der Waals surface area contributed by atoms with E-state index in [4.69, 9.17) is 0 Å². The van der Waals surface area contributed by atoms with E-state index < -0.39 is 23.5 Å². The molecule has 2 atom stereocenters. The van der Waals surface area contributed by atoms with E-state index in [2.05, 4.69) is 10.6 Å². The van der Waals surface area contributed by atoms with Gasteiger partial charge in [-0.25, -0.2) is 9.18 Å². The Balaban J connectivity index is 1.92. The van der Waals surface area contributed by atoms with Gasteiger partial charge in [-0.05, 0) is 37.5 Å². The van der Waals surface area contributed by atoms with E-state index in [-0.39, 0.29) is 24.8 Å².